The number of carbonyl (C=O) groups is 3. The van der Waals surface area contributed by atoms with Crippen LogP contribution in [0.4, 0.5) is 0 Å². The Labute approximate surface area is 225 Å². The van der Waals surface area contributed by atoms with Gasteiger partial charge in [-0.3, -0.25) is 14.4 Å². The molecule has 0 radical (unpaired) electrons. The van der Waals surface area contributed by atoms with Crippen molar-refractivity contribution >= 4 is 28.4 Å². The van der Waals surface area contributed by atoms with Crippen molar-refractivity contribution in [3.63, 3.8) is 0 Å². The van der Waals surface area contributed by atoms with Crippen LogP contribution in [-0.2, 0) is 27.4 Å². The van der Waals surface area contributed by atoms with E-state index in [1.54, 1.807) is 13.1 Å². The Morgan fingerprint density at radius 2 is 2.03 bits per heavy atom. The van der Waals surface area contributed by atoms with Gasteiger partial charge in [0, 0.05) is 48.2 Å². The molecule has 5 rings (SSSR count). The number of Topliss-reactive ketones (excluding diaryl/α,β-unsaturated/α-hetero) is 2. The van der Waals surface area contributed by atoms with E-state index in [2.05, 4.69) is 5.32 Å². The number of nitrogens with one attached hydrogen (secondary N) is 1. The van der Waals surface area contributed by atoms with Crippen molar-refractivity contribution in [2.75, 3.05) is 19.8 Å². The lowest BCUT2D eigenvalue weighted by Crippen LogP contribution is -2.44. The van der Waals surface area contributed by atoms with Crippen molar-refractivity contribution in [2.45, 2.75) is 97.5 Å². The molecular weight excluding hydrogens is 482 g/mol. The number of aromatic nitrogens is 1. The van der Waals surface area contributed by atoms with Gasteiger partial charge in [-0.2, -0.15) is 0 Å². The standard InChI is InChI=1S/C30H41N3O5/c1-5-26(35)25-13-30-14-27(30)33(25)28(36)17-32-16-24(20(4)34)23-12-22(38-19(2)3)11-21(29(23)32)15-31-9-7-6-8-10-37-18-30/h11-12,16,19,25,27,31H,5-10,13-15,17-18H2,1-4H3/t25-,27+,30-/m0/s1. The second kappa shape index (κ2) is 10.8. The minimum atomic E-state index is -0.394. The first-order chi connectivity index (χ1) is 18.2. The average Bonchev–Trinajstić information content (AvgIpc) is 3.27. The molecule has 1 aliphatic carbocycles. The molecule has 1 N–H and O–H groups in total. The predicted molar refractivity (Wildman–Crippen MR) is 145 cm³/mol. The zero-order valence-corrected chi connectivity index (χ0v) is 23.2. The van der Waals surface area contributed by atoms with Crippen LogP contribution in [-0.4, -0.2) is 64.9 Å². The van der Waals surface area contributed by atoms with Gasteiger partial charge in [0.25, 0.3) is 0 Å². The molecule has 38 heavy (non-hydrogen) atoms. The molecule has 2 aliphatic heterocycles. The van der Waals surface area contributed by atoms with E-state index in [0.29, 0.717) is 38.2 Å². The van der Waals surface area contributed by atoms with E-state index in [-0.39, 0.29) is 41.6 Å². The molecule has 8 heteroatoms. The van der Waals surface area contributed by atoms with Crippen LogP contribution < -0.4 is 10.1 Å². The van der Waals surface area contributed by atoms with Crippen LogP contribution in [0.2, 0.25) is 0 Å². The van der Waals surface area contributed by atoms with Crippen LogP contribution in [0.15, 0.2) is 18.3 Å². The van der Waals surface area contributed by atoms with E-state index in [1.807, 2.05) is 42.4 Å². The molecule has 1 aromatic carbocycles. The van der Waals surface area contributed by atoms with E-state index >= 15 is 0 Å². The van der Waals surface area contributed by atoms with Crippen molar-refractivity contribution in [1.29, 1.82) is 0 Å². The molecule has 3 heterocycles. The molecule has 8 nitrogen and oxygen atoms in total. The van der Waals surface area contributed by atoms with Gasteiger partial charge in [-0.15, -0.1) is 0 Å². The number of hydrogen-bond donors (Lipinski definition) is 1. The maximum absolute atomic E-state index is 13.9. The van der Waals surface area contributed by atoms with Crippen LogP contribution in [0.1, 0.15) is 82.1 Å². The Hall–Kier alpha value is -2.71. The summed E-state index contributed by atoms with van der Waals surface area (Å²) in [5.74, 6) is 0.706. The fourth-order valence-corrected chi connectivity index (χ4v) is 6.44. The maximum atomic E-state index is 13.9. The van der Waals surface area contributed by atoms with Crippen molar-refractivity contribution in [1.82, 2.24) is 14.8 Å². The summed E-state index contributed by atoms with van der Waals surface area (Å²) < 4.78 is 14.0. The Morgan fingerprint density at radius 1 is 1.21 bits per heavy atom. The third-order valence-corrected chi connectivity index (χ3v) is 8.35. The molecule has 1 amide bonds. The van der Waals surface area contributed by atoms with Gasteiger partial charge in [-0.05, 0) is 77.1 Å². The fraction of sp³-hybridized carbons (Fsp3) is 0.633. The van der Waals surface area contributed by atoms with E-state index in [0.717, 1.165) is 54.4 Å². The Balaban J connectivity index is 1.56. The van der Waals surface area contributed by atoms with Crippen molar-refractivity contribution in [3.05, 3.63) is 29.5 Å². The monoisotopic (exact) mass is 523 g/mol. The molecule has 206 valence electrons. The summed E-state index contributed by atoms with van der Waals surface area (Å²) in [5, 5.41) is 4.35. The minimum absolute atomic E-state index is 0.00333. The molecule has 2 bridgehead atoms. The Bertz CT molecular complexity index is 1230. The Kier molecular flexibility index (Phi) is 7.65. The van der Waals surface area contributed by atoms with Gasteiger partial charge in [-0.1, -0.05) is 6.92 Å². The molecule has 3 atom stereocenters. The first-order valence-electron chi connectivity index (χ1n) is 14.2. The number of ketones is 2. The molecule has 0 spiro atoms. The van der Waals surface area contributed by atoms with Gasteiger partial charge in [-0.25, -0.2) is 0 Å². The highest BCUT2D eigenvalue weighted by Gasteiger charge is 2.66. The van der Waals surface area contributed by atoms with Crippen LogP contribution >= 0.6 is 0 Å². The van der Waals surface area contributed by atoms with Gasteiger partial charge in [0.1, 0.15) is 12.3 Å². The SMILES string of the molecule is CCC(=O)[C@@H]1C[C@]23COCCCCCNCc4cc(OC(C)C)cc5c(C(C)=O)cn(c45)CC(=O)N1[C@@H]2C3. The number of benzene rings is 1. The van der Waals surface area contributed by atoms with E-state index in [1.165, 1.54) is 0 Å². The highest BCUT2D eigenvalue weighted by molar-refractivity contribution is 6.08. The lowest BCUT2D eigenvalue weighted by Gasteiger charge is -2.27. The third kappa shape index (κ3) is 5.13. The molecule has 1 aromatic heterocycles. The summed E-state index contributed by atoms with van der Waals surface area (Å²) in [4.78, 5) is 41.4. The van der Waals surface area contributed by atoms with Crippen molar-refractivity contribution in [3.8, 4) is 5.75 Å². The van der Waals surface area contributed by atoms with Crippen LogP contribution in [0.25, 0.3) is 10.9 Å². The molecule has 1 saturated carbocycles. The topological polar surface area (TPSA) is 89.9 Å². The van der Waals surface area contributed by atoms with Gasteiger partial charge in [0.2, 0.25) is 5.91 Å². The normalized spacial score (nSPS) is 26.3. The van der Waals surface area contributed by atoms with Crippen LogP contribution in [0.5, 0.6) is 5.75 Å². The summed E-state index contributed by atoms with van der Waals surface area (Å²) in [6.07, 6.45) is 6.90. The van der Waals surface area contributed by atoms with Gasteiger partial charge in [0.15, 0.2) is 11.6 Å². The first kappa shape index (κ1) is 26.9. The molecule has 0 unspecified atom stereocenters. The van der Waals surface area contributed by atoms with Gasteiger partial charge < -0.3 is 24.3 Å². The first-order valence-corrected chi connectivity index (χ1v) is 14.2. The summed E-state index contributed by atoms with van der Waals surface area (Å²) in [6, 6.07) is 3.59. The molecule has 2 fully saturated rings. The van der Waals surface area contributed by atoms with Gasteiger partial charge in [0.05, 0.1) is 24.3 Å². The number of nitrogens with zero attached hydrogens (tertiary/aromatic N) is 2. The zero-order chi connectivity index (χ0) is 27.0. The highest BCUT2D eigenvalue weighted by atomic mass is 16.5. The largest absolute Gasteiger partial charge is 0.491 e. The molecule has 2 aromatic rings. The number of ether oxygens (including phenoxy) is 2. The molecule has 1 saturated heterocycles. The van der Waals surface area contributed by atoms with E-state index in [4.69, 9.17) is 9.47 Å². The smallest absolute Gasteiger partial charge is 0.243 e. The summed E-state index contributed by atoms with van der Waals surface area (Å²) in [6.45, 7) is 10.3. The third-order valence-electron chi connectivity index (χ3n) is 8.35. The lowest BCUT2D eigenvalue weighted by molar-refractivity contribution is -0.139. The highest BCUT2D eigenvalue weighted by Crippen LogP contribution is 2.60. The number of carbonyl (C=O) groups excluding carboxylic acids is 3. The van der Waals surface area contributed by atoms with E-state index in [9.17, 15) is 14.4 Å². The van der Waals surface area contributed by atoms with Crippen LogP contribution in [0, 0.1) is 5.41 Å². The summed E-state index contributed by atoms with van der Waals surface area (Å²) >= 11 is 0. The number of amides is 1. The lowest BCUT2D eigenvalue weighted by atomic mass is 9.97. The molecular formula is C30H41N3O5. The summed E-state index contributed by atoms with van der Waals surface area (Å²) in [5.41, 5.74) is 2.35. The summed E-state index contributed by atoms with van der Waals surface area (Å²) in [7, 11) is 0. The van der Waals surface area contributed by atoms with Crippen LogP contribution in [0.3, 0.4) is 0 Å². The number of hydrogen-bond acceptors (Lipinski definition) is 6. The average molecular weight is 524 g/mol. The molecule has 3 aliphatic rings. The maximum Gasteiger partial charge on any atom is 0.243 e. The number of rotatable bonds is 5. The quantitative estimate of drug-likeness (QED) is 0.589. The number of piperidine rings is 1. The Morgan fingerprint density at radius 3 is 2.76 bits per heavy atom. The zero-order valence-electron chi connectivity index (χ0n) is 23.2. The minimum Gasteiger partial charge on any atom is -0.491 e. The van der Waals surface area contributed by atoms with Crippen molar-refractivity contribution in [2.24, 2.45) is 5.41 Å². The second-order valence-electron chi connectivity index (χ2n) is 11.6. The van der Waals surface area contributed by atoms with Crippen molar-refractivity contribution < 1.29 is 23.9 Å². The fourth-order valence-electron chi connectivity index (χ4n) is 6.44. The van der Waals surface area contributed by atoms with E-state index < -0.39 is 6.04 Å². The van der Waals surface area contributed by atoms with Gasteiger partial charge >= 0.3 is 0 Å². The predicted octanol–water partition coefficient (Wildman–Crippen LogP) is 4.26. The second-order valence-corrected chi connectivity index (χ2v) is 11.6.